The Hall–Kier alpha value is -5.82. The molecule has 2 aliphatic rings. The maximum atomic E-state index is 12.8. The number of rotatable bonds is 5. The van der Waals surface area contributed by atoms with Gasteiger partial charge in [-0.05, 0) is 114 Å². The maximum Gasteiger partial charge on any atom is 0.410 e. The summed E-state index contributed by atoms with van der Waals surface area (Å²) in [4.78, 5) is 45.3. The molecule has 278 valence electrons. The van der Waals surface area contributed by atoms with E-state index in [1.807, 2.05) is 90.3 Å². The first kappa shape index (κ1) is 36.5. The van der Waals surface area contributed by atoms with Gasteiger partial charge >= 0.3 is 12.2 Å². The van der Waals surface area contributed by atoms with E-state index in [1.165, 1.54) is 0 Å². The molecule has 7 rings (SSSR count). The minimum atomic E-state index is -0.541. The first-order valence-corrected chi connectivity index (χ1v) is 18.7. The second-order valence-corrected chi connectivity index (χ2v) is 16.0. The fraction of sp³-hybridized carbons (Fsp3) is 0.364. The quantitative estimate of drug-likeness (QED) is 0.174. The summed E-state index contributed by atoms with van der Waals surface area (Å²) < 4.78 is 11.3. The third kappa shape index (κ3) is 8.52. The second-order valence-electron chi connectivity index (χ2n) is 16.0. The Kier molecular flexibility index (Phi) is 10.1. The van der Waals surface area contributed by atoms with Crippen molar-refractivity contribution in [2.45, 2.75) is 90.5 Å². The van der Waals surface area contributed by atoms with E-state index >= 15 is 0 Å². The van der Waals surface area contributed by atoms with Crippen molar-refractivity contribution in [1.29, 1.82) is 0 Å². The van der Waals surface area contributed by atoms with E-state index in [2.05, 4.69) is 68.2 Å². The second kappa shape index (κ2) is 14.9. The van der Waals surface area contributed by atoms with Crippen molar-refractivity contribution >= 4 is 12.2 Å². The Morgan fingerprint density at radius 1 is 0.593 bits per heavy atom. The lowest BCUT2D eigenvalue weighted by Gasteiger charge is -2.27. The molecule has 3 aromatic carbocycles. The lowest BCUT2D eigenvalue weighted by Crippen LogP contribution is -2.36. The molecular weight excluding hydrogens is 677 g/mol. The van der Waals surface area contributed by atoms with Gasteiger partial charge in [0.05, 0.1) is 35.9 Å². The molecule has 0 aliphatic carbocycles. The van der Waals surface area contributed by atoms with Crippen LogP contribution in [-0.4, -0.2) is 66.2 Å². The van der Waals surface area contributed by atoms with E-state index in [-0.39, 0.29) is 24.3 Å². The average molecular weight is 725 g/mol. The Labute approximate surface area is 317 Å². The molecule has 54 heavy (non-hydrogen) atoms. The molecule has 4 heterocycles. The van der Waals surface area contributed by atoms with Gasteiger partial charge in [-0.15, -0.1) is 0 Å². The Morgan fingerprint density at radius 2 is 0.944 bits per heavy atom. The number of aromatic amines is 2. The van der Waals surface area contributed by atoms with Crippen LogP contribution in [0, 0.1) is 11.8 Å². The summed E-state index contributed by atoms with van der Waals surface area (Å²) in [5.41, 5.74) is 6.81. The Morgan fingerprint density at radius 3 is 1.33 bits per heavy atom. The minimum absolute atomic E-state index is 0.118. The van der Waals surface area contributed by atoms with Crippen molar-refractivity contribution in [2.75, 3.05) is 13.1 Å². The van der Waals surface area contributed by atoms with Gasteiger partial charge in [-0.1, -0.05) is 60.4 Å². The van der Waals surface area contributed by atoms with E-state index in [0.717, 1.165) is 82.1 Å². The molecule has 2 saturated heterocycles. The molecule has 0 bridgehead atoms. The Bertz CT molecular complexity index is 2160. The van der Waals surface area contributed by atoms with Crippen LogP contribution in [0.1, 0.15) is 102 Å². The number of benzene rings is 3. The maximum absolute atomic E-state index is 12.8. The van der Waals surface area contributed by atoms with Crippen molar-refractivity contribution in [2.24, 2.45) is 0 Å². The molecule has 2 atom stereocenters. The molecular formula is C44H48N6O4. The summed E-state index contributed by atoms with van der Waals surface area (Å²) in [5.74, 6) is 8.12. The van der Waals surface area contributed by atoms with E-state index < -0.39 is 11.2 Å². The van der Waals surface area contributed by atoms with Gasteiger partial charge in [-0.2, -0.15) is 0 Å². The minimum Gasteiger partial charge on any atom is -0.444 e. The Balaban J connectivity index is 0.957. The summed E-state index contributed by atoms with van der Waals surface area (Å²) in [6.45, 7) is 12.6. The lowest BCUT2D eigenvalue weighted by atomic mass is 10.0. The standard InChI is InChI=1S/C44H48N6O4/c1-43(2,3)53-41(51)49-25-7-9-37(49)39-45-27-35(47-39)33-19-15-30(16-20-33)12-11-29-13-17-31(18-14-29)32-21-23-34(24-22-32)36-28-46-40(48-36)38-10-8-26-50(38)42(52)54-44(4,5)6/h13-24,27-28,37-38H,7-10,25-26H2,1-6H3,(H,45,47)(H,46,48). The van der Waals surface area contributed by atoms with Crippen LogP contribution in [0.2, 0.25) is 0 Å². The van der Waals surface area contributed by atoms with Crippen LogP contribution >= 0.6 is 0 Å². The predicted octanol–water partition coefficient (Wildman–Crippen LogP) is 9.68. The van der Waals surface area contributed by atoms with Crippen molar-refractivity contribution in [1.82, 2.24) is 29.7 Å². The van der Waals surface area contributed by atoms with Crippen LogP contribution in [0.5, 0.6) is 0 Å². The third-order valence-electron chi connectivity index (χ3n) is 9.55. The number of carbonyl (C=O) groups excluding carboxylic acids is 2. The topological polar surface area (TPSA) is 116 Å². The van der Waals surface area contributed by atoms with Crippen LogP contribution in [0.25, 0.3) is 33.6 Å². The smallest absolute Gasteiger partial charge is 0.410 e. The molecule has 2 fully saturated rings. The van der Waals surface area contributed by atoms with E-state index in [9.17, 15) is 9.59 Å². The number of ether oxygens (including phenoxy) is 2. The molecule has 0 saturated carbocycles. The first-order valence-electron chi connectivity index (χ1n) is 18.7. The van der Waals surface area contributed by atoms with Crippen molar-refractivity contribution in [3.05, 3.63) is 108 Å². The molecule has 2 N–H and O–H groups in total. The van der Waals surface area contributed by atoms with Crippen molar-refractivity contribution < 1.29 is 19.1 Å². The van der Waals surface area contributed by atoms with Gasteiger partial charge in [0.1, 0.15) is 22.9 Å². The number of H-pyrrole nitrogens is 2. The highest BCUT2D eigenvalue weighted by molar-refractivity contribution is 5.71. The van der Waals surface area contributed by atoms with Gasteiger partial charge in [0.25, 0.3) is 0 Å². The summed E-state index contributed by atoms with van der Waals surface area (Å²) in [5, 5.41) is 0. The fourth-order valence-electron chi connectivity index (χ4n) is 6.95. The van der Waals surface area contributed by atoms with Gasteiger partial charge in [-0.3, -0.25) is 9.80 Å². The van der Waals surface area contributed by atoms with Crippen LogP contribution in [0.15, 0.2) is 85.2 Å². The number of hydrogen-bond donors (Lipinski definition) is 2. The fourth-order valence-corrected chi connectivity index (χ4v) is 6.95. The van der Waals surface area contributed by atoms with E-state index in [4.69, 9.17) is 9.47 Å². The zero-order valence-corrected chi connectivity index (χ0v) is 31.9. The largest absolute Gasteiger partial charge is 0.444 e. The normalized spacial score (nSPS) is 17.3. The SMILES string of the molecule is CC(C)(C)OC(=O)N1CCCC1c1ncc(-c2ccc(C#Cc3ccc(-c4ccc(-c5cnc(C6CCCN6C(=O)OC(C)(C)C)[nH]5)cc4)cc3)cc2)[nH]1. The number of hydrogen-bond acceptors (Lipinski definition) is 6. The van der Waals surface area contributed by atoms with Gasteiger partial charge in [-0.25, -0.2) is 19.6 Å². The zero-order chi connectivity index (χ0) is 38.0. The van der Waals surface area contributed by atoms with E-state index in [0.29, 0.717) is 13.1 Å². The summed E-state index contributed by atoms with van der Waals surface area (Å²) >= 11 is 0. The number of likely N-dealkylation sites (tertiary alicyclic amines) is 2. The van der Waals surface area contributed by atoms with Gasteiger partial charge < -0.3 is 19.4 Å². The molecule has 10 nitrogen and oxygen atoms in total. The van der Waals surface area contributed by atoms with Crippen LogP contribution in [-0.2, 0) is 9.47 Å². The van der Waals surface area contributed by atoms with Crippen molar-refractivity contribution in [3.63, 3.8) is 0 Å². The number of aromatic nitrogens is 4. The highest BCUT2D eigenvalue weighted by Gasteiger charge is 2.36. The number of nitrogens with one attached hydrogen (secondary N) is 2. The molecule has 2 aromatic heterocycles. The van der Waals surface area contributed by atoms with Gasteiger partial charge in [0.15, 0.2) is 0 Å². The number of imidazole rings is 2. The summed E-state index contributed by atoms with van der Waals surface area (Å²) in [6, 6.07) is 24.5. The number of carbonyl (C=O) groups is 2. The molecule has 10 heteroatoms. The zero-order valence-electron chi connectivity index (χ0n) is 31.9. The molecule has 5 aromatic rings. The molecule has 2 aliphatic heterocycles. The molecule has 0 spiro atoms. The van der Waals surface area contributed by atoms with Crippen LogP contribution in [0.3, 0.4) is 0 Å². The summed E-state index contributed by atoms with van der Waals surface area (Å²) in [6.07, 6.45) is 6.60. The number of nitrogens with zero attached hydrogens (tertiary/aromatic N) is 4. The van der Waals surface area contributed by atoms with Crippen molar-refractivity contribution in [3.8, 4) is 45.5 Å². The highest BCUT2D eigenvalue weighted by Crippen LogP contribution is 2.34. The monoisotopic (exact) mass is 724 g/mol. The van der Waals surface area contributed by atoms with Gasteiger partial charge in [0, 0.05) is 24.2 Å². The third-order valence-corrected chi connectivity index (χ3v) is 9.55. The van der Waals surface area contributed by atoms with Crippen LogP contribution < -0.4 is 0 Å². The highest BCUT2D eigenvalue weighted by atomic mass is 16.6. The van der Waals surface area contributed by atoms with Crippen LogP contribution in [0.4, 0.5) is 9.59 Å². The number of amides is 2. The first-order chi connectivity index (χ1) is 25.8. The summed E-state index contributed by atoms with van der Waals surface area (Å²) in [7, 11) is 0. The molecule has 2 amide bonds. The lowest BCUT2D eigenvalue weighted by molar-refractivity contribution is 0.0208. The van der Waals surface area contributed by atoms with Gasteiger partial charge in [0.2, 0.25) is 0 Å². The predicted molar refractivity (Wildman–Crippen MR) is 209 cm³/mol. The molecule has 0 radical (unpaired) electrons. The molecule has 2 unspecified atom stereocenters. The van der Waals surface area contributed by atoms with E-state index in [1.54, 1.807) is 9.80 Å². The average Bonchev–Trinajstić information content (AvgIpc) is 3.96.